The first kappa shape index (κ1) is 21.1. The van der Waals surface area contributed by atoms with E-state index in [0.29, 0.717) is 23.2 Å². The molecule has 5 rings (SSSR count). The van der Waals surface area contributed by atoms with Crippen molar-refractivity contribution in [2.45, 2.75) is 37.1 Å². The van der Waals surface area contributed by atoms with Gasteiger partial charge in [-0.3, -0.25) is 9.80 Å². The number of likely N-dealkylation sites (tertiary alicyclic amines) is 2. The van der Waals surface area contributed by atoms with E-state index in [1.165, 1.54) is 32.2 Å². The van der Waals surface area contributed by atoms with Gasteiger partial charge in [0.05, 0.1) is 15.6 Å². The first-order valence-electron chi connectivity index (χ1n) is 11.2. The average molecular weight is 456 g/mol. The molecule has 7 heteroatoms. The van der Waals surface area contributed by atoms with Crippen LogP contribution in [0.2, 0.25) is 0 Å². The van der Waals surface area contributed by atoms with Gasteiger partial charge in [0.25, 0.3) is 5.19 Å². The van der Waals surface area contributed by atoms with E-state index in [9.17, 15) is 0 Å². The zero-order valence-corrected chi connectivity index (χ0v) is 19.4. The molecule has 5 nitrogen and oxygen atoms in total. The molecular formula is C24H29N3O2S2. The van der Waals surface area contributed by atoms with Crippen molar-refractivity contribution in [2.75, 3.05) is 32.8 Å². The van der Waals surface area contributed by atoms with Gasteiger partial charge in [-0.05, 0) is 81.7 Å². The van der Waals surface area contributed by atoms with Gasteiger partial charge in [-0.25, -0.2) is 4.98 Å². The lowest BCUT2D eigenvalue weighted by molar-refractivity contribution is 0.109. The van der Waals surface area contributed by atoms with Crippen molar-refractivity contribution in [1.29, 1.82) is 0 Å². The van der Waals surface area contributed by atoms with E-state index in [-0.39, 0.29) is 0 Å². The number of para-hydroxylation sites is 1. The maximum Gasteiger partial charge on any atom is 0.279 e. The molecule has 3 aromatic rings. The second-order valence-corrected chi connectivity index (χ2v) is 9.89. The monoisotopic (exact) mass is 455 g/mol. The smallest absolute Gasteiger partial charge is 0.279 e. The lowest BCUT2D eigenvalue weighted by atomic mass is 10.0. The van der Waals surface area contributed by atoms with Gasteiger partial charge in [0.15, 0.2) is 0 Å². The summed E-state index contributed by atoms with van der Waals surface area (Å²) >= 11 is 6.30. The number of thiol groups is 1. The quantitative estimate of drug-likeness (QED) is 0.491. The molecule has 0 saturated carbocycles. The summed E-state index contributed by atoms with van der Waals surface area (Å²) in [5, 5.41) is 1.14. The Morgan fingerprint density at radius 2 is 1.74 bits per heavy atom. The summed E-state index contributed by atoms with van der Waals surface area (Å²) in [6.07, 6.45) is 5.03. The van der Waals surface area contributed by atoms with Gasteiger partial charge in [-0.1, -0.05) is 23.5 Å². The lowest BCUT2D eigenvalue weighted by Gasteiger charge is -2.38. The molecule has 0 amide bonds. The number of nitrogens with zero attached hydrogens (tertiary/aromatic N) is 3. The molecule has 0 radical (unpaired) electrons. The number of aromatic nitrogens is 1. The van der Waals surface area contributed by atoms with E-state index in [1.807, 2.05) is 42.5 Å². The van der Waals surface area contributed by atoms with Gasteiger partial charge < -0.3 is 9.47 Å². The molecule has 1 atom stereocenters. The van der Waals surface area contributed by atoms with Crippen LogP contribution in [0.3, 0.4) is 0 Å². The molecule has 2 aliphatic rings. The second kappa shape index (κ2) is 9.77. The number of ether oxygens (including phenoxy) is 2. The molecule has 2 aliphatic heterocycles. The molecule has 3 heterocycles. The van der Waals surface area contributed by atoms with Crippen molar-refractivity contribution < 1.29 is 9.47 Å². The molecule has 31 heavy (non-hydrogen) atoms. The molecule has 1 unspecified atom stereocenters. The topological polar surface area (TPSA) is 37.8 Å². The van der Waals surface area contributed by atoms with Gasteiger partial charge >= 0.3 is 0 Å². The van der Waals surface area contributed by atoms with Gasteiger partial charge in [0.2, 0.25) is 0 Å². The van der Waals surface area contributed by atoms with Crippen molar-refractivity contribution in [3.8, 4) is 16.7 Å². The third-order valence-electron chi connectivity index (χ3n) is 6.27. The minimum absolute atomic E-state index is 0.474. The van der Waals surface area contributed by atoms with E-state index >= 15 is 0 Å². The summed E-state index contributed by atoms with van der Waals surface area (Å²) in [4.78, 5) is 9.64. The SMILES string of the molecule is SC1CCCN1C1CCN(CCOc2ccc(Oc3nc4ccccc4s3)cc2)CC1. The fraction of sp³-hybridized carbons (Fsp3) is 0.458. The Morgan fingerprint density at radius 3 is 2.48 bits per heavy atom. The zero-order chi connectivity index (χ0) is 21.0. The third kappa shape index (κ3) is 5.17. The maximum atomic E-state index is 5.97. The average Bonchev–Trinajstić information content (AvgIpc) is 3.41. The standard InChI is InChI=1S/C24H29N3O2S2/c30-23-6-3-13-27(23)18-11-14-26(15-12-18)16-17-28-19-7-9-20(10-8-19)29-24-25-21-4-1-2-5-22(21)31-24/h1-2,4-5,7-10,18,23,30H,3,6,11-17H2. The van der Waals surface area contributed by atoms with E-state index in [4.69, 9.17) is 22.1 Å². The summed E-state index contributed by atoms with van der Waals surface area (Å²) in [6.45, 7) is 5.21. The zero-order valence-electron chi connectivity index (χ0n) is 17.7. The molecule has 1 aromatic heterocycles. The van der Waals surface area contributed by atoms with Gasteiger partial charge in [-0.2, -0.15) is 12.6 Å². The Morgan fingerprint density at radius 1 is 0.968 bits per heavy atom. The van der Waals surface area contributed by atoms with Gasteiger partial charge in [0, 0.05) is 12.6 Å². The van der Waals surface area contributed by atoms with Crippen molar-refractivity contribution in [3.05, 3.63) is 48.5 Å². The molecule has 164 valence electrons. The summed E-state index contributed by atoms with van der Waals surface area (Å²) < 4.78 is 13.0. The highest BCUT2D eigenvalue weighted by atomic mass is 32.1. The van der Waals surface area contributed by atoms with E-state index in [2.05, 4.69) is 20.9 Å². The van der Waals surface area contributed by atoms with Crippen LogP contribution in [-0.4, -0.2) is 59.0 Å². The summed E-state index contributed by atoms with van der Waals surface area (Å²) in [5.74, 6) is 1.65. The molecule has 0 aliphatic carbocycles. The second-order valence-electron chi connectivity index (χ2n) is 8.30. The van der Waals surface area contributed by atoms with Crippen molar-refractivity contribution in [3.63, 3.8) is 0 Å². The van der Waals surface area contributed by atoms with Crippen LogP contribution in [-0.2, 0) is 0 Å². The summed E-state index contributed by atoms with van der Waals surface area (Å²) in [7, 11) is 0. The molecule has 2 saturated heterocycles. The Labute approximate surface area is 193 Å². The first-order chi connectivity index (χ1) is 15.2. The number of thiazole rings is 1. The Hall–Kier alpha value is -1.80. The molecule has 0 bridgehead atoms. The van der Waals surface area contributed by atoms with Crippen LogP contribution >= 0.6 is 24.0 Å². The van der Waals surface area contributed by atoms with Crippen molar-refractivity contribution >= 4 is 34.2 Å². The highest BCUT2D eigenvalue weighted by Crippen LogP contribution is 2.32. The fourth-order valence-corrected chi connectivity index (χ4v) is 5.89. The van der Waals surface area contributed by atoms with E-state index < -0.39 is 0 Å². The van der Waals surface area contributed by atoms with Gasteiger partial charge in [0.1, 0.15) is 18.1 Å². The van der Waals surface area contributed by atoms with Crippen LogP contribution in [0.1, 0.15) is 25.7 Å². The predicted molar refractivity (Wildman–Crippen MR) is 130 cm³/mol. The number of rotatable bonds is 7. The normalized spacial score (nSPS) is 21.0. The van der Waals surface area contributed by atoms with Crippen LogP contribution in [0.15, 0.2) is 48.5 Å². The third-order valence-corrected chi connectivity index (χ3v) is 7.74. The highest BCUT2D eigenvalue weighted by Gasteiger charge is 2.30. The molecular weight excluding hydrogens is 426 g/mol. The van der Waals surface area contributed by atoms with Crippen LogP contribution in [0.25, 0.3) is 10.2 Å². The van der Waals surface area contributed by atoms with Crippen LogP contribution in [0.5, 0.6) is 16.7 Å². The van der Waals surface area contributed by atoms with E-state index in [0.717, 1.165) is 41.3 Å². The maximum absolute atomic E-state index is 5.97. The molecule has 0 N–H and O–H groups in total. The largest absolute Gasteiger partial charge is 0.492 e. The lowest BCUT2D eigenvalue weighted by Crippen LogP contribution is -2.46. The minimum atomic E-state index is 0.474. The predicted octanol–water partition coefficient (Wildman–Crippen LogP) is 5.28. The molecule has 2 fully saturated rings. The molecule has 0 spiro atoms. The number of hydrogen-bond acceptors (Lipinski definition) is 7. The van der Waals surface area contributed by atoms with Crippen molar-refractivity contribution in [1.82, 2.24) is 14.8 Å². The fourth-order valence-electron chi connectivity index (χ4n) is 4.56. The number of piperidine rings is 1. The minimum Gasteiger partial charge on any atom is -0.492 e. The Kier molecular flexibility index (Phi) is 6.64. The summed E-state index contributed by atoms with van der Waals surface area (Å²) in [5.41, 5.74) is 0.970. The first-order valence-corrected chi connectivity index (χ1v) is 12.5. The number of benzene rings is 2. The Balaban J connectivity index is 1.05. The van der Waals surface area contributed by atoms with E-state index in [1.54, 1.807) is 11.3 Å². The number of fused-ring (bicyclic) bond motifs is 1. The van der Waals surface area contributed by atoms with Crippen LogP contribution in [0, 0.1) is 0 Å². The molecule has 2 aromatic carbocycles. The van der Waals surface area contributed by atoms with Gasteiger partial charge in [-0.15, -0.1) is 0 Å². The van der Waals surface area contributed by atoms with Crippen LogP contribution in [0.4, 0.5) is 0 Å². The highest BCUT2D eigenvalue weighted by molar-refractivity contribution is 7.80. The Bertz CT molecular complexity index is 953. The van der Waals surface area contributed by atoms with Crippen molar-refractivity contribution in [2.24, 2.45) is 0 Å². The summed E-state index contributed by atoms with van der Waals surface area (Å²) in [6, 6.07) is 16.6. The number of hydrogen-bond donors (Lipinski definition) is 1. The van der Waals surface area contributed by atoms with Crippen LogP contribution < -0.4 is 9.47 Å².